The molecule has 0 N–H and O–H groups in total. The minimum absolute atomic E-state index is 0.180. The van der Waals surface area contributed by atoms with Crippen LogP contribution in [0.25, 0.3) is 0 Å². The van der Waals surface area contributed by atoms with Gasteiger partial charge in [0.2, 0.25) is 0 Å². The van der Waals surface area contributed by atoms with Crippen LogP contribution < -0.4 is 0 Å². The molecular formula is C22H35NS. The maximum atomic E-state index is 5.39. The number of hydrogen-bond donors (Lipinski definition) is 0. The van der Waals surface area contributed by atoms with Gasteiger partial charge in [0.15, 0.2) is 0 Å². The Bertz CT molecular complexity index is 616. The van der Waals surface area contributed by atoms with Crippen molar-refractivity contribution >= 4 is 17.0 Å². The Morgan fingerprint density at radius 1 is 1.21 bits per heavy atom. The molecule has 1 unspecified atom stereocenters. The third-order valence-corrected chi connectivity index (χ3v) is 7.11. The SMILES string of the molecule is CCC(CC)N=C(c1c(C(C)C)sc(C)c1C)C1(C)CC=CCC1. The van der Waals surface area contributed by atoms with Gasteiger partial charge in [-0.15, -0.1) is 11.3 Å². The average Bonchev–Trinajstić information content (AvgIpc) is 2.85. The topological polar surface area (TPSA) is 12.4 Å². The molecule has 1 nitrogen and oxygen atoms in total. The van der Waals surface area contributed by atoms with Crippen LogP contribution in [-0.4, -0.2) is 11.8 Å². The lowest BCUT2D eigenvalue weighted by molar-refractivity contribution is 0.418. The minimum atomic E-state index is 0.180. The van der Waals surface area contributed by atoms with Gasteiger partial charge in [-0.05, 0) is 57.4 Å². The molecule has 0 radical (unpaired) electrons. The molecule has 2 rings (SSSR count). The first-order chi connectivity index (χ1) is 11.3. The summed E-state index contributed by atoms with van der Waals surface area (Å²) in [6.07, 6.45) is 10.5. The second-order valence-electron chi connectivity index (χ2n) is 7.90. The molecular weight excluding hydrogens is 310 g/mol. The Balaban J connectivity index is 2.65. The molecule has 24 heavy (non-hydrogen) atoms. The highest BCUT2D eigenvalue weighted by atomic mass is 32.1. The van der Waals surface area contributed by atoms with Gasteiger partial charge in [0.1, 0.15) is 0 Å². The standard InChI is InChI=1S/C22H35NS/c1-8-18(9-2)23-21(22(7)13-11-10-12-14-22)19-16(5)17(6)24-20(19)15(3)4/h10-11,15,18H,8-9,12-14H2,1-7H3. The van der Waals surface area contributed by atoms with Crippen LogP contribution in [0.3, 0.4) is 0 Å². The number of allylic oxidation sites excluding steroid dienone is 2. The molecule has 0 fully saturated rings. The van der Waals surface area contributed by atoms with Crippen LogP contribution in [0.1, 0.15) is 93.5 Å². The molecule has 2 heteroatoms. The Labute approximate surface area is 153 Å². The summed E-state index contributed by atoms with van der Waals surface area (Å²) in [5, 5.41) is 0. The van der Waals surface area contributed by atoms with Crippen molar-refractivity contribution in [3.63, 3.8) is 0 Å². The lowest BCUT2D eigenvalue weighted by Crippen LogP contribution is -2.32. The van der Waals surface area contributed by atoms with Gasteiger partial charge in [0, 0.05) is 32.5 Å². The zero-order valence-electron chi connectivity index (χ0n) is 16.7. The Morgan fingerprint density at radius 3 is 2.38 bits per heavy atom. The first-order valence-electron chi connectivity index (χ1n) is 9.67. The monoisotopic (exact) mass is 345 g/mol. The van der Waals surface area contributed by atoms with Crippen LogP contribution in [0.4, 0.5) is 0 Å². The fraction of sp³-hybridized carbons (Fsp3) is 0.682. The smallest absolute Gasteiger partial charge is 0.0500 e. The number of rotatable bonds is 6. The fourth-order valence-electron chi connectivity index (χ4n) is 3.71. The van der Waals surface area contributed by atoms with E-state index in [1.165, 1.54) is 39.4 Å². The van der Waals surface area contributed by atoms with Crippen LogP contribution in [-0.2, 0) is 0 Å². The quantitative estimate of drug-likeness (QED) is 0.381. The van der Waals surface area contributed by atoms with Gasteiger partial charge in [-0.3, -0.25) is 4.99 Å². The number of thiophene rings is 1. The second kappa shape index (κ2) is 7.99. The van der Waals surface area contributed by atoms with Gasteiger partial charge in [-0.1, -0.05) is 46.8 Å². The number of hydrogen-bond acceptors (Lipinski definition) is 2. The second-order valence-corrected chi connectivity index (χ2v) is 9.16. The highest BCUT2D eigenvalue weighted by Gasteiger charge is 2.35. The van der Waals surface area contributed by atoms with E-state index in [1.54, 1.807) is 0 Å². The molecule has 0 saturated carbocycles. The van der Waals surface area contributed by atoms with Crippen LogP contribution in [0.5, 0.6) is 0 Å². The van der Waals surface area contributed by atoms with Gasteiger partial charge in [-0.2, -0.15) is 0 Å². The van der Waals surface area contributed by atoms with Crippen LogP contribution in [0.15, 0.2) is 17.1 Å². The Morgan fingerprint density at radius 2 is 1.88 bits per heavy atom. The highest BCUT2D eigenvalue weighted by Crippen LogP contribution is 2.42. The molecule has 0 amide bonds. The summed E-state index contributed by atoms with van der Waals surface area (Å²) < 4.78 is 0. The maximum Gasteiger partial charge on any atom is 0.0500 e. The van der Waals surface area contributed by atoms with E-state index in [0.29, 0.717) is 12.0 Å². The molecule has 0 bridgehead atoms. The lowest BCUT2D eigenvalue weighted by atomic mass is 9.71. The van der Waals surface area contributed by atoms with Crippen LogP contribution in [0.2, 0.25) is 0 Å². The molecule has 0 spiro atoms. The van der Waals surface area contributed by atoms with Gasteiger partial charge >= 0.3 is 0 Å². The van der Waals surface area contributed by atoms with Crippen molar-refractivity contribution in [3.05, 3.63) is 33.0 Å². The molecule has 1 aliphatic carbocycles. The van der Waals surface area contributed by atoms with Crippen molar-refractivity contribution in [2.45, 2.75) is 92.5 Å². The first-order valence-corrected chi connectivity index (χ1v) is 10.5. The Kier molecular flexibility index (Phi) is 6.47. The number of nitrogens with zero attached hydrogens (tertiary/aromatic N) is 1. The largest absolute Gasteiger partial charge is 0.285 e. The summed E-state index contributed by atoms with van der Waals surface area (Å²) in [4.78, 5) is 8.38. The summed E-state index contributed by atoms with van der Waals surface area (Å²) in [5.41, 5.74) is 4.52. The van der Waals surface area contributed by atoms with Gasteiger partial charge in [0.25, 0.3) is 0 Å². The number of aliphatic imine (C=N–C) groups is 1. The summed E-state index contributed by atoms with van der Waals surface area (Å²) in [6.45, 7) is 16.2. The molecule has 1 aliphatic rings. The zero-order chi connectivity index (χ0) is 17.9. The summed E-state index contributed by atoms with van der Waals surface area (Å²) in [5.74, 6) is 0.562. The molecule has 0 saturated heterocycles. The van der Waals surface area contributed by atoms with Crippen molar-refractivity contribution in [1.29, 1.82) is 0 Å². The molecule has 1 atom stereocenters. The van der Waals surface area contributed by atoms with Gasteiger partial charge < -0.3 is 0 Å². The van der Waals surface area contributed by atoms with E-state index in [0.717, 1.165) is 19.3 Å². The predicted molar refractivity (Wildman–Crippen MR) is 110 cm³/mol. The van der Waals surface area contributed by atoms with Crippen molar-refractivity contribution in [3.8, 4) is 0 Å². The Hall–Kier alpha value is -0.890. The van der Waals surface area contributed by atoms with E-state index in [-0.39, 0.29) is 5.41 Å². The average molecular weight is 346 g/mol. The van der Waals surface area contributed by atoms with E-state index < -0.39 is 0 Å². The lowest BCUT2D eigenvalue weighted by Gasteiger charge is -2.34. The molecule has 1 heterocycles. The third-order valence-electron chi connectivity index (χ3n) is 5.60. The molecule has 0 aromatic carbocycles. The van der Waals surface area contributed by atoms with Crippen molar-refractivity contribution in [2.75, 3.05) is 0 Å². The maximum absolute atomic E-state index is 5.39. The minimum Gasteiger partial charge on any atom is -0.285 e. The molecule has 1 aromatic rings. The van der Waals surface area contributed by atoms with Gasteiger partial charge in [-0.25, -0.2) is 0 Å². The number of aryl methyl sites for hydroxylation is 1. The molecule has 0 aliphatic heterocycles. The van der Waals surface area contributed by atoms with E-state index >= 15 is 0 Å². The first kappa shape index (κ1) is 19.4. The van der Waals surface area contributed by atoms with Crippen molar-refractivity contribution < 1.29 is 0 Å². The predicted octanol–water partition coefficient (Wildman–Crippen LogP) is 7.21. The normalized spacial score (nSPS) is 22.0. The van der Waals surface area contributed by atoms with E-state index in [9.17, 15) is 0 Å². The summed E-state index contributed by atoms with van der Waals surface area (Å²) >= 11 is 1.98. The van der Waals surface area contributed by atoms with E-state index in [2.05, 4.69) is 60.6 Å². The van der Waals surface area contributed by atoms with Crippen LogP contribution in [0, 0.1) is 19.3 Å². The molecule has 134 valence electrons. The van der Waals surface area contributed by atoms with Crippen molar-refractivity contribution in [1.82, 2.24) is 0 Å². The molecule has 1 aromatic heterocycles. The van der Waals surface area contributed by atoms with E-state index in [1.807, 2.05) is 11.3 Å². The van der Waals surface area contributed by atoms with E-state index in [4.69, 9.17) is 4.99 Å². The van der Waals surface area contributed by atoms with Gasteiger partial charge in [0.05, 0.1) is 0 Å². The highest BCUT2D eigenvalue weighted by molar-refractivity contribution is 7.12. The fourth-order valence-corrected chi connectivity index (χ4v) is 4.88. The van der Waals surface area contributed by atoms with Crippen molar-refractivity contribution in [2.24, 2.45) is 10.4 Å². The van der Waals surface area contributed by atoms with Crippen LogP contribution >= 0.6 is 11.3 Å². The zero-order valence-corrected chi connectivity index (χ0v) is 17.5. The summed E-state index contributed by atoms with van der Waals surface area (Å²) in [7, 11) is 0. The third kappa shape index (κ3) is 3.85. The summed E-state index contributed by atoms with van der Waals surface area (Å²) in [6, 6.07) is 0.447.